The summed E-state index contributed by atoms with van der Waals surface area (Å²) in [6.45, 7) is 0.297. The highest BCUT2D eigenvalue weighted by Crippen LogP contribution is 2.31. The van der Waals surface area contributed by atoms with Crippen LogP contribution in [-0.4, -0.2) is 30.2 Å². The van der Waals surface area contributed by atoms with Crippen molar-refractivity contribution in [2.24, 2.45) is 0 Å². The third-order valence-corrected chi connectivity index (χ3v) is 5.07. The van der Waals surface area contributed by atoms with E-state index in [2.05, 4.69) is 10.3 Å². The minimum absolute atomic E-state index is 0.105. The molecule has 6 heteroatoms. The smallest absolute Gasteiger partial charge is 0.251 e. The molecule has 0 bridgehead atoms. The molecular formula is C25H22N2O4. The van der Waals surface area contributed by atoms with Crippen LogP contribution in [0.3, 0.4) is 0 Å². The molecule has 1 aromatic heterocycles. The molecule has 1 heterocycles. The number of nitrogens with zero attached hydrogens (tertiary/aromatic N) is 1. The van der Waals surface area contributed by atoms with Crippen molar-refractivity contribution in [3.8, 4) is 28.4 Å². The van der Waals surface area contributed by atoms with Gasteiger partial charge >= 0.3 is 0 Å². The van der Waals surface area contributed by atoms with Crippen molar-refractivity contribution in [2.75, 3.05) is 14.2 Å². The number of pyridine rings is 1. The van der Waals surface area contributed by atoms with Gasteiger partial charge < -0.3 is 19.9 Å². The molecular weight excluding hydrogens is 392 g/mol. The highest BCUT2D eigenvalue weighted by molar-refractivity contribution is 5.96. The van der Waals surface area contributed by atoms with Crippen molar-refractivity contribution in [3.63, 3.8) is 0 Å². The molecule has 31 heavy (non-hydrogen) atoms. The number of phenolic OH excluding ortho intramolecular Hbond substituents is 1. The average Bonchev–Trinajstić information content (AvgIpc) is 2.82. The number of phenols is 1. The molecule has 1 amide bonds. The van der Waals surface area contributed by atoms with Crippen LogP contribution in [0, 0.1) is 0 Å². The number of hydrogen-bond donors (Lipinski definition) is 2. The Balaban J connectivity index is 1.57. The summed E-state index contributed by atoms with van der Waals surface area (Å²) < 4.78 is 10.6. The molecule has 4 rings (SSSR count). The molecule has 0 aliphatic carbocycles. The molecule has 0 fully saturated rings. The quantitative estimate of drug-likeness (QED) is 0.484. The fraction of sp³-hybridized carbons (Fsp3) is 0.120. The van der Waals surface area contributed by atoms with Gasteiger partial charge in [-0.3, -0.25) is 9.78 Å². The van der Waals surface area contributed by atoms with Crippen molar-refractivity contribution in [1.82, 2.24) is 10.3 Å². The summed E-state index contributed by atoms with van der Waals surface area (Å²) in [7, 11) is 3.18. The molecule has 0 spiro atoms. The number of amides is 1. The maximum Gasteiger partial charge on any atom is 0.251 e. The van der Waals surface area contributed by atoms with Gasteiger partial charge in [0.1, 0.15) is 22.8 Å². The van der Waals surface area contributed by atoms with E-state index in [-0.39, 0.29) is 11.7 Å². The SMILES string of the molecule is COc1ccc(OC)c(CNC(=O)c2cccc(-c3cc(O)c4ncccc4c3)c2)c1. The number of hydrogen-bond acceptors (Lipinski definition) is 5. The fourth-order valence-electron chi connectivity index (χ4n) is 3.48. The van der Waals surface area contributed by atoms with E-state index in [1.807, 2.05) is 48.5 Å². The summed E-state index contributed by atoms with van der Waals surface area (Å²) in [5.74, 6) is 1.26. The van der Waals surface area contributed by atoms with Gasteiger partial charge in [0, 0.05) is 29.3 Å². The summed E-state index contributed by atoms with van der Waals surface area (Å²) in [5, 5.41) is 14.1. The molecule has 0 unspecified atom stereocenters. The van der Waals surface area contributed by atoms with Gasteiger partial charge in [-0.2, -0.15) is 0 Å². The first kappa shape index (κ1) is 20.2. The summed E-state index contributed by atoms with van der Waals surface area (Å²) in [6.07, 6.45) is 1.64. The number of benzene rings is 3. The predicted molar refractivity (Wildman–Crippen MR) is 120 cm³/mol. The number of nitrogens with one attached hydrogen (secondary N) is 1. The molecule has 2 N–H and O–H groups in total. The van der Waals surface area contributed by atoms with Gasteiger partial charge in [0.05, 0.1) is 14.2 Å². The molecule has 0 aliphatic rings. The summed E-state index contributed by atoms with van der Waals surface area (Å²) in [4.78, 5) is 17.0. The van der Waals surface area contributed by atoms with Crippen molar-refractivity contribution in [1.29, 1.82) is 0 Å². The Hall–Kier alpha value is -4.06. The van der Waals surface area contributed by atoms with Crippen LogP contribution < -0.4 is 14.8 Å². The lowest BCUT2D eigenvalue weighted by molar-refractivity contribution is 0.0950. The number of fused-ring (bicyclic) bond motifs is 1. The lowest BCUT2D eigenvalue weighted by Crippen LogP contribution is -2.23. The van der Waals surface area contributed by atoms with Crippen LogP contribution in [0.4, 0.5) is 0 Å². The largest absolute Gasteiger partial charge is 0.506 e. The highest BCUT2D eigenvalue weighted by atomic mass is 16.5. The van der Waals surface area contributed by atoms with Crippen LogP contribution in [0.2, 0.25) is 0 Å². The second-order valence-corrected chi connectivity index (χ2v) is 7.01. The highest BCUT2D eigenvalue weighted by Gasteiger charge is 2.11. The number of rotatable bonds is 6. The maximum absolute atomic E-state index is 12.8. The van der Waals surface area contributed by atoms with Crippen LogP contribution in [0.5, 0.6) is 17.2 Å². The Labute approximate surface area is 180 Å². The van der Waals surface area contributed by atoms with Gasteiger partial charge in [-0.25, -0.2) is 0 Å². The summed E-state index contributed by atoms with van der Waals surface area (Å²) >= 11 is 0. The molecule has 4 aromatic rings. The number of carbonyl (C=O) groups excluding carboxylic acids is 1. The maximum atomic E-state index is 12.8. The lowest BCUT2D eigenvalue weighted by Gasteiger charge is -2.12. The first-order valence-corrected chi connectivity index (χ1v) is 9.76. The zero-order valence-electron chi connectivity index (χ0n) is 17.3. The van der Waals surface area contributed by atoms with E-state index in [9.17, 15) is 9.90 Å². The van der Waals surface area contributed by atoms with Gasteiger partial charge in [0.15, 0.2) is 0 Å². The Kier molecular flexibility index (Phi) is 5.71. The van der Waals surface area contributed by atoms with E-state index >= 15 is 0 Å². The van der Waals surface area contributed by atoms with Crippen LogP contribution in [0.1, 0.15) is 15.9 Å². The molecule has 6 nitrogen and oxygen atoms in total. The van der Waals surface area contributed by atoms with Crippen LogP contribution >= 0.6 is 0 Å². The zero-order chi connectivity index (χ0) is 21.8. The van der Waals surface area contributed by atoms with Crippen molar-refractivity contribution in [2.45, 2.75) is 6.54 Å². The van der Waals surface area contributed by atoms with Crippen LogP contribution in [0.15, 0.2) is 72.9 Å². The number of methoxy groups -OCH3 is 2. The van der Waals surface area contributed by atoms with E-state index in [1.165, 1.54) is 0 Å². The normalized spacial score (nSPS) is 10.6. The van der Waals surface area contributed by atoms with Gasteiger partial charge in [0.2, 0.25) is 0 Å². The minimum atomic E-state index is -0.210. The van der Waals surface area contributed by atoms with E-state index < -0.39 is 0 Å². The third-order valence-electron chi connectivity index (χ3n) is 5.07. The number of ether oxygens (including phenoxy) is 2. The summed E-state index contributed by atoms with van der Waals surface area (Å²) in [5.41, 5.74) is 3.52. The molecule has 156 valence electrons. The molecule has 0 aliphatic heterocycles. The van der Waals surface area contributed by atoms with Crippen molar-refractivity contribution < 1.29 is 19.4 Å². The third kappa shape index (κ3) is 4.28. The van der Waals surface area contributed by atoms with E-state index in [0.29, 0.717) is 29.1 Å². The molecule has 3 aromatic carbocycles. The first-order valence-electron chi connectivity index (χ1n) is 9.76. The molecule has 0 radical (unpaired) electrons. The van der Waals surface area contributed by atoms with Gasteiger partial charge in [-0.1, -0.05) is 18.2 Å². The van der Waals surface area contributed by atoms with E-state index in [4.69, 9.17) is 9.47 Å². The Morgan fingerprint density at radius 2 is 1.84 bits per heavy atom. The topological polar surface area (TPSA) is 80.7 Å². The first-order chi connectivity index (χ1) is 15.1. The number of carbonyl (C=O) groups is 1. The minimum Gasteiger partial charge on any atom is -0.506 e. The van der Waals surface area contributed by atoms with Crippen LogP contribution in [-0.2, 0) is 6.54 Å². The average molecular weight is 414 g/mol. The molecule has 0 saturated heterocycles. The Morgan fingerprint density at radius 1 is 0.968 bits per heavy atom. The van der Waals surface area contributed by atoms with E-state index in [1.54, 1.807) is 38.6 Å². The lowest BCUT2D eigenvalue weighted by atomic mass is 10.0. The van der Waals surface area contributed by atoms with Crippen molar-refractivity contribution >= 4 is 16.8 Å². The standard InChI is InChI=1S/C25H22N2O4/c1-30-21-8-9-23(31-2)20(13-21)15-27-25(29)18-6-3-5-16(11-18)19-12-17-7-4-10-26-24(17)22(28)14-19/h3-14,28H,15H2,1-2H3,(H,27,29). The van der Waals surface area contributed by atoms with Gasteiger partial charge in [0.25, 0.3) is 5.91 Å². The van der Waals surface area contributed by atoms with E-state index in [0.717, 1.165) is 22.1 Å². The second-order valence-electron chi connectivity index (χ2n) is 7.01. The molecule has 0 saturated carbocycles. The number of aromatic hydroxyl groups is 1. The van der Waals surface area contributed by atoms with Gasteiger partial charge in [-0.05, 0) is 59.7 Å². The van der Waals surface area contributed by atoms with Crippen molar-refractivity contribution in [3.05, 3.63) is 84.1 Å². The predicted octanol–water partition coefficient (Wildman–Crippen LogP) is 4.55. The monoisotopic (exact) mass is 414 g/mol. The second kappa shape index (κ2) is 8.75. The van der Waals surface area contributed by atoms with Gasteiger partial charge in [-0.15, -0.1) is 0 Å². The Morgan fingerprint density at radius 3 is 2.65 bits per heavy atom. The van der Waals surface area contributed by atoms with Crippen LogP contribution in [0.25, 0.3) is 22.0 Å². The zero-order valence-corrected chi connectivity index (χ0v) is 17.3. The summed E-state index contributed by atoms with van der Waals surface area (Å²) in [6, 6.07) is 20.0. The number of aromatic nitrogens is 1. The molecule has 0 atom stereocenters. The Bertz CT molecular complexity index is 1250. The fourth-order valence-corrected chi connectivity index (χ4v) is 3.48.